The number of amides is 1. The van der Waals surface area contributed by atoms with Crippen LogP contribution in [0.3, 0.4) is 0 Å². The van der Waals surface area contributed by atoms with Crippen LogP contribution in [0, 0.1) is 6.92 Å². The highest BCUT2D eigenvalue weighted by Gasteiger charge is 2.14. The number of furan rings is 1. The van der Waals surface area contributed by atoms with Gasteiger partial charge in [-0.05, 0) is 24.5 Å². The van der Waals surface area contributed by atoms with Crippen LogP contribution in [-0.4, -0.2) is 23.5 Å². The highest BCUT2D eigenvalue weighted by molar-refractivity contribution is 5.95. The molecular weight excluding hydrogens is 258 g/mol. The van der Waals surface area contributed by atoms with Gasteiger partial charge in [-0.2, -0.15) is 0 Å². The predicted molar refractivity (Wildman–Crippen MR) is 72.9 cm³/mol. The predicted octanol–water partition coefficient (Wildman–Crippen LogP) is 2.26. The molecule has 0 bridgehead atoms. The molecule has 1 aromatic carbocycles. The minimum Gasteiger partial charge on any atom is -0.478 e. The number of carboxylic acids is 1. The summed E-state index contributed by atoms with van der Waals surface area (Å²) >= 11 is 0. The zero-order valence-electron chi connectivity index (χ0n) is 11.1. The Morgan fingerprint density at radius 1 is 1.30 bits per heavy atom. The first kappa shape index (κ1) is 13.9. The van der Waals surface area contributed by atoms with Gasteiger partial charge >= 0.3 is 5.97 Å². The summed E-state index contributed by atoms with van der Waals surface area (Å²) in [6.45, 7) is 2.48. The third kappa shape index (κ3) is 3.26. The first-order valence-corrected chi connectivity index (χ1v) is 6.22. The van der Waals surface area contributed by atoms with Gasteiger partial charge in [0.25, 0.3) is 5.91 Å². The van der Waals surface area contributed by atoms with Crippen LogP contribution in [0.1, 0.15) is 32.0 Å². The summed E-state index contributed by atoms with van der Waals surface area (Å²) in [5, 5.41) is 11.4. The number of carbonyl (C=O) groups excluding carboxylic acids is 1. The van der Waals surface area contributed by atoms with Gasteiger partial charge in [0.05, 0.1) is 5.56 Å². The lowest BCUT2D eigenvalue weighted by Gasteiger charge is -2.06. The maximum atomic E-state index is 11.8. The second-order valence-corrected chi connectivity index (χ2v) is 4.44. The molecule has 5 heteroatoms. The van der Waals surface area contributed by atoms with Gasteiger partial charge in [-0.25, -0.2) is 4.79 Å². The number of nitrogens with one attached hydrogen (secondary N) is 1. The molecule has 0 spiro atoms. The lowest BCUT2D eigenvalue weighted by atomic mass is 10.1. The summed E-state index contributed by atoms with van der Waals surface area (Å²) < 4.78 is 4.92. The zero-order chi connectivity index (χ0) is 14.5. The summed E-state index contributed by atoms with van der Waals surface area (Å²) in [6, 6.07) is 9.16. The van der Waals surface area contributed by atoms with Crippen LogP contribution in [0.2, 0.25) is 0 Å². The Kier molecular flexibility index (Phi) is 4.20. The van der Waals surface area contributed by atoms with Gasteiger partial charge in [0.2, 0.25) is 0 Å². The molecule has 2 N–H and O–H groups in total. The van der Waals surface area contributed by atoms with Crippen LogP contribution in [-0.2, 0) is 6.42 Å². The SMILES string of the molecule is Cc1ccccc1CCNC(=O)c1cc(C(=O)O)co1. The quantitative estimate of drug-likeness (QED) is 0.875. The summed E-state index contributed by atoms with van der Waals surface area (Å²) in [6.07, 6.45) is 1.77. The number of hydrogen-bond acceptors (Lipinski definition) is 3. The molecule has 0 aliphatic rings. The van der Waals surface area contributed by atoms with Crippen LogP contribution in [0.5, 0.6) is 0 Å². The van der Waals surface area contributed by atoms with Gasteiger partial charge in [0, 0.05) is 12.6 Å². The second kappa shape index (κ2) is 6.06. The van der Waals surface area contributed by atoms with Crippen LogP contribution >= 0.6 is 0 Å². The molecule has 0 atom stereocenters. The Morgan fingerprint density at radius 2 is 2.05 bits per heavy atom. The Bertz CT molecular complexity index is 630. The van der Waals surface area contributed by atoms with Crippen molar-refractivity contribution in [3.05, 3.63) is 59.0 Å². The molecule has 1 amide bonds. The average Bonchev–Trinajstić information content (AvgIpc) is 2.91. The van der Waals surface area contributed by atoms with Gasteiger partial charge in [-0.15, -0.1) is 0 Å². The number of aryl methyl sites for hydroxylation is 1. The van der Waals surface area contributed by atoms with Crippen LogP contribution in [0.4, 0.5) is 0 Å². The van der Waals surface area contributed by atoms with E-state index in [2.05, 4.69) is 5.32 Å². The number of carbonyl (C=O) groups is 2. The third-order valence-corrected chi connectivity index (χ3v) is 3.01. The standard InChI is InChI=1S/C15H15NO4/c1-10-4-2-3-5-11(10)6-7-16-14(17)13-8-12(9-20-13)15(18)19/h2-5,8-9H,6-7H2,1H3,(H,16,17)(H,18,19). The summed E-state index contributed by atoms with van der Waals surface area (Å²) in [7, 11) is 0. The molecule has 0 unspecified atom stereocenters. The molecule has 1 aromatic heterocycles. The van der Waals surface area contributed by atoms with Crippen LogP contribution in [0.25, 0.3) is 0 Å². The summed E-state index contributed by atoms with van der Waals surface area (Å²) in [5.74, 6) is -1.52. The highest BCUT2D eigenvalue weighted by Crippen LogP contribution is 2.09. The molecule has 2 aromatic rings. The fraction of sp³-hybridized carbons (Fsp3) is 0.200. The molecule has 0 saturated heterocycles. The Morgan fingerprint density at radius 3 is 2.70 bits per heavy atom. The van der Waals surface area contributed by atoms with Gasteiger partial charge in [0.1, 0.15) is 6.26 Å². The van der Waals surface area contributed by atoms with Gasteiger partial charge < -0.3 is 14.8 Å². The van der Waals surface area contributed by atoms with Crippen LogP contribution in [0.15, 0.2) is 41.0 Å². The van der Waals surface area contributed by atoms with Crippen molar-refractivity contribution in [1.82, 2.24) is 5.32 Å². The van der Waals surface area contributed by atoms with E-state index < -0.39 is 11.9 Å². The van der Waals surface area contributed by atoms with Crippen molar-refractivity contribution >= 4 is 11.9 Å². The zero-order valence-corrected chi connectivity index (χ0v) is 11.1. The van der Waals surface area contributed by atoms with Crippen LogP contribution < -0.4 is 5.32 Å². The Labute approximate surface area is 116 Å². The lowest BCUT2D eigenvalue weighted by molar-refractivity contribution is 0.0696. The van der Waals surface area contributed by atoms with E-state index in [1.165, 1.54) is 17.2 Å². The van der Waals surface area contributed by atoms with E-state index in [0.29, 0.717) is 13.0 Å². The maximum Gasteiger partial charge on any atom is 0.338 e. The molecule has 0 fully saturated rings. The molecule has 20 heavy (non-hydrogen) atoms. The minimum atomic E-state index is -1.12. The average molecular weight is 273 g/mol. The first-order chi connectivity index (χ1) is 9.58. The molecule has 0 radical (unpaired) electrons. The molecule has 0 aliphatic carbocycles. The van der Waals surface area contributed by atoms with Crippen molar-refractivity contribution in [1.29, 1.82) is 0 Å². The van der Waals surface area contributed by atoms with Crippen molar-refractivity contribution in [2.75, 3.05) is 6.54 Å². The van der Waals surface area contributed by atoms with Crippen molar-refractivity contribution in [3.8, 4) is 0 Å². The Hall–Kier alpha value is -2.56. The molecule has 104 valence electrons. The van der Waals surface area contributed by atoms with E-state index in [0.717, 1.165) is 6.26 Å². The molecular formula is C15H15NO4. The monoisotopic (exact) mass is 273 g/mol. The van der Waals surface area contributed by atoms with Crippen molar-refractivity contribution in [2.45, 2.75) is 13.3 Å². The lowest BCUT2D eigenvalue weighted by Crippen LogP contribution is -2.25. The Balaban J connectivity index is 1.89. The number of rotatable bonds is 5. The first-order valence-electron chi connectivity index (χ1n) is 6.22. The molecule has 0 aliphatic heterocycles. The molecule has 2 rings (SSSR count). The molecule has 0 saturated carbocycles. The number of aromatic carboxylic acids is 1. The van der Waals surface area contributed by atoms with E-state index in [9.17, 15) is 9.59 Å². The number of hydrogen-bond donors (Lipinski definition) is 2. The van der Waals surface area contributed by atoms with E-state index in [1.54, 1.807) is 0 Å². The topological polar surface area (TPSA) is 79.5 Å². The van der Waals surface area contributed by atoms with E-state index in [1.807, 2.05) is 31.2 Å². The van der Waals surface area contributed by atoms with E-state index in [4.69, 9.17) is 9.52 Å². The van der Waals surface area contributed by atoms with E-state index in [-0.39, 0.29) is 11.3 Å². The highest BCUT2D eigenvalue weighted by atomic mass is 16.4. The van der Waals surface area contributed by atoms with Gasteiger partial charge in [0.15, 0.2) is 5.76 Å². The fourth-order valence-corrected chi connectivity index (χ4v) is 1.86. The number of carboxylic acid groups (broad SMARTS) is 1. The van der Waals surface area contributed by atoms with Gasteiger partial charge in [-0.1, -0.05) is 24.3 Å². The normalized spacial score (nSPS) is 10.2. The second-order valence-electron chi connectivity index (χ2n) is 4.44. The largest absolute Gasteiger partial charge is 0.478 e. The summed E-state index contributed by atoms with van der Waals surface area (Å²) in [5.41, 5.74) is 2.31. The van der Waals surface area contributed by atoms with Crippen molar-refractivity contribution < 1.29 is 19.1 Å². The fourth-order valence-electron chi connectivity index (χ4n) is 1.86. The maximum absolute atomic E-state index is 11.8. The van der Waals surface area contributed by atoms with Gasteiger partial charge in [-0.3, -0.25) is 4.79 Å². The van der Waals surface area contributed by atoms with Crippen molar-refractivity contribution in [2.24, 2.45) is 0 Å². The third-order valence-electron chi connectivity index (χ3n) is 3.01. The van der Waals surface area contributed by atoms with E-state index >= 15 is 0 Å². The molecule has 5 nitrogen and oxygen atoms in total. The molecule has 1 heterocycles. The summed E-state index contributed by atoms with van der Waals surface area (Å²) in [4.78, 5) is 22.4. The smallest absolute Gasteiger partial charge is 0.338 e. The van der Waals surface area contributed by atoms with Crippen molar-refractivity contribution in [3.63, 3.8) is 0 Å². The number of benzene rings is 1. The minimum absolute atomic E-state index is 0.00665.